The molecular formula is C63H100O6. The highest BCUT2D eigenvalue weighted by Gasteiger charge is 2.19. The summed E-state index contributed by atoms with van der Waals surface area (Å²) < 4.78 is 16.8. The Morgan fingerprint density at radius 3 is 0.826 bits per heavy atom. The molecule has 0 heterocycles. The first-order chi connectivity index (χ1) is 34.0. The summed E-state index contributed by atoms with van der Waals surface area (Å²) >= 11 is 0. The summed E-state index contributed by atoms with van der Waals surface area (Å²) in [5.74, 6) is -0.974. The van der Waals surface area contributed by atoms with Gasteiger partial charge >= 0.3 is 17.9 Å². The Balaban J connectivity index is 4.47. The Bertz CT molecular complexity index is 1510. The van der Waals surface area contributed by atoms with Crippen LogP contribution < -0.4 is 0 Å². The molecule has 388 valence electrons. The summed E-state index contributed by atoms with van der Waals surface area (Å²) in [5.41, 5.74) is 0. The van der Waals surface area contributed by atoms with Crippen LogP contribution in [-0.2, 0) is 28.6 Å². The summed E-state index contributed by atoms with van der Waals surface area (Å²) in [6.45, 7) is 6.23. The van der Waals surface area contributed by atoms with E-state index in [-0.39, 0.29) is 37.5 Å². The van der Waals surface area contributed by atoms with Crippen LogP contribution in [0.2, 0.25) is 0 Å². The Kier molecular flexibility index (Phi) is 52.5. The molecule has 0 aromatic heterocycles. The van der Waals surface area contributed by atoms with E-state index in [2.05, 4.69) is 154 Å². The van der Waals surface area contributed by atoms with Crippen molar-refractivity contribution < 1.29 is 28.6 Å². The fourth-order valence-corrected chi connectivity index (χ4v) is 7.08. The molecule has 0 aromatic rings. The van der Waals surface area contributed by atoms with Crippen LogP contribution in [0.5, 0.6) is 0 Å². The van der Waals surface area contributed by atoms with Gasteiger partial charge in [0.2, 0.25) is 0 Å². The van der Waals surface area contributed by atoms with E-state index in [1.165, 1.54) is 32.1 Å². The average molecular weight is 953 g/mol. The van der Waals surface area contributed by atoms with E-state index >= 15 is 0 Å². The van der Waals surface area contributed by atoms with Gasteiger partial charge < -0.3 is 14.2 Å². The molecule has 6 heteroatoms. The van der Waals surface area contributed by atoms with Crippen molar-refractivity contribution in [2.45, 2.75) is 232 Å². The van der Waals surface area contributed by atoms with Gasteiger partial charge in [0.15, 0.2) is 6.10 Å². The Labute approximate surface area is 424 Å². The van der Waals surface area contributed by atoms with E-state index in [1.807, 2.05) is 0 Å². The lowest BCUT2D eigenvalue weighted by Crippen LogP contribution is -2.30. The molecule has 0 amide bonds. The molecule has 1 unspecified atom stereocenters. The number of carbonyl (C=O) groups is 3. The minimum atomic E-state index is -0.812. The molecule has 69 heavy (non-hydrogen) atoms. The summed E-state index contributed by atoms with van der Waals surface area (Å²) in [5, 5.41) is 0. The van der Waals surface area contributed by atoms with E-state index in [1.54, 1.807) is 0 Å². The van der Waals surface area contributed by atoms with Crippen molar-refractivity contribution in [1.82, 2.24) is 0 Å². The maximum Gasteiger partial charge on any atom is 0.306 e. The van der Waals surface area contributed by atoms with Gasteiger partial charge in [-0.1, -0.05) is 212 Å². The lowest BCUT2D eigenvalue weighted by atomic mass is 10.1. The fourth-order valence-electron chi connectivity index (χ4n) is 7.08. The smallest absolute Gasteiger partial charge is 0.306 e. The van der Waals surface area contributed by atoms with Crippen LogP contribution in [0, 0.1) is 0 Å². The van der Waals surface area contributed by atoms with Crippen LogP contribution in [0.1, 0.15) is 226 Å². The maximum absolute atomic E-state index is 12.8. The normalized spacial score (nSPS) is 13.1. The van der Waals surface area contributed by atoms with Gasteiger partial charge in [0.25, 0.3) is 0 Å². The number of allylic oxidation sites excluding steroid dienone is 22. The van der Waals surface area contributed by atoms with Crippen molar-refractivity contribution in [3.8, 4) is 0 Å². The van der Waals surface area contributed by atoms with Crippen molar-refractivity contribution in [2.75, 3.05) is 13.2 Å². The van der Waals surface area contributed by atoms with Gasteiger partial charge in [-0.15, -0.1) is 0 Å². The van der Waals surface area contributed by atoms with Gasteiger partial charge in [0, 0.05) is 19.3 Å². The molecule has 0 spiro atoms. The monoisotopic (exact) mass is 953 g/mol. The number of rotatable bonds is 48. The molecule has 0 rings (SSSR count). The first kappa shape index (κ1) is 64.5. The molecule has 0 bridgehead atoms. The molecule has 1 atom stereocenters. The highest BCUT2D eigenvalue weighted by Crippen LogP contribution is 2.13. The molecule has 0 saturated carbocycles. The topological polar surface area (TPSA) is 78.9 Å². The van der Waals surface area contributed by atoms with Crippen LogP contribution in [-0.4, -0.2) is 37.2 Å². The number of hydrogen-bond donors (Lipinski definition) is 0. The first-order valence-electron chi connectivity index (χ1n) is 27.7. The zero-order chi connectivity index (χ0) is 50.0. The van der Waals surface area contributed by atoms with Gasteiger partial charge in [-0.05, 0) is 128 Å². The summed E-state index contributed by atoms with van der Waals surface area (Å²) in [4.78, 5) is 38.1. The number of esters is 3. The second kappa shape index (κ2) is 56.1. The molecule has 0 N–H and O–H groups in total. The van der Waals surface area contributed by atoms with Gasteiger partial charge in [0.05, 0.1) is 0 Å². The molecule has 0 aliphatic rings. The minimum Gasteiger partial charge on any atom is -0.462 e. The van der Waals surface area contributed by atoms with Gasteiger partial charge in [-0.2, -0.15) is 0 Å². The second-order valence-corrected chi connectivity index (χ2v) is 17.7. The molecule has 0 saturated heterocycles. The van der Waals surface area contributed by atoms with Crippen molar-refractivity contribution in [3.63, 3.8) is 0 Å². The number of hydrogen-bond acceptors (Lipinski definition) is 6. The maximum atomic E-state index is 12.8. The molecule has 0 fully saturated rings. The largest absolute Gasteiger partial charge is 0.462 e. The Morgan fingerprint density at radius 1 is 0.290 bits per heavy atom. The first-order valence-corrected chi connectivity index (χ1v) is 27.7. The third-order valence-corrected chi connectivity index (χ3v) is 11.1. The van der Waals surface area contributed by atoms with Gasteiger partial charge in [-0.25, -0.2) is 0 Å². The highest BCUT2D eigenvalue weighted by atomic mass is 16.6. The lowest BCUT2D eigenvalue weighted by Gasteiger charge is -2.18. The van der Waals surface area contributed by atoms with E-state index in [9.17, 15) is 14.4 Å². The van der Waals surface area contributed by atoms with Crippen molar-refractivity contribution in [2.24, 2.45) is 0 Å². The predicted molar refractivity (Wildman–Crippen MR) is 297 cm³/mol. The van der Waals surface area contributed by atoms with Crippen LogP contribution in [0.3, 0.4) is 0 Å². The molecular weight excluding hydrogens is 853 g/mol. The fraction of sp³-hybridized carbons (Fsp3) is 0.603. The molecule has 0 aliphatic carbocycles. The second-order valence-electron chi connectivity index (χ2n) is 17.7. The molecule has 6 nitrogen and oxygen atoms in total. The average Bonchev–Trinajstić information content (AvgIpc) is 3.35. The molecule has 0 aromatic carbocycles. The lowest BCUT2D eigenvalue weighted by molar-refractivity contribution is -0.167. The SMILES string of the molecule is CC/C=C\C/C=C\C/C=C\C/C=C\CCCCCCCCCCC(=O)OCC(COC(=O)CCCCC/C=C\C/C=C\C/C=C\CC)OC(=O)CCCCCC/C=C\C/C=C\C/C=C\C/C=C\CC. The summed E-state index contributed by atoms with van der Waals surface area (Å²) in [6, 6.07) is 0. The third kappa shape index (κ3) is 54.4. The summed E-state index contributed by atoms with van der Waals surface area (Å²) in [6.07, 6.45) is 78.7. The number of unbranched alkanes of at least 4 members (excludes halogenated alkanes) is 15. The minimum absolute atomic E-state index is 0.107. The zero-order valence-corrected chi connectivity index (χ0v) is 44.3. The van der Waals surface area contributed by atoms with Gasteiger partial charge in [-0.3, -0.25) is 14.4 Å². The van der Waals surface area contributed by atoms with Crippen molar-refractivity contribution in [3.05, 3.63) is 134 Å². The molecule has 0 aliphatic heterocycles. The standard InChI is InChI=1S/C63H100O6/c1-4-7-10-13-16-19-22-25-27-29-30-31-32-34-35-38-41-44-47-50-53-56-62(65)68-59-60(58-67-61(64)55-52-49-46-43-40-37-24-21-18-15-12-9-6-3)69-63(66)57-54-51-48-45-42-39-36-33-28-26-23-20-17-14-11-8-5-2/h7-12,16-21,25-28,30-31,36-37,39-40,60H,4-6,13-15,22-24,29,32-35,38,41-59H2,1-3H3/b10-7-,11-8-,12-9-,19-16-,20-17-,21-18-,27-25-,28-26-,31-30-,39-36-,40-37-. The van der Waals surface area contributed by atoms with Crippen molar-refractivity contribution in [1.29, 1.82) is 0 Å². The number of ether oxygens (including phenoxy) is 3. The van der Waals surface area contributed by atoms with Crippen LogP contribution in [0.4, 0.5) is 0 Å². The van der Waals surface area contributed by atoms with Gasteiger partial charge in [0.1, 0.15) is 13.2 Å². The van der Waals surface area contributed by atoms with Crippen molar-refractivity contribution >= 4 is 17.9 Å². The molecule has 0 radical (unpaired) electrons. The Hall–Kier alpha value is -4.45. The van der Waals surface area contributed by atoms with Crippen LogP contribution in [0.15, 0.2) is 134 Å². The highest BCUT2D eigenvalue weighted by molar-refractivity contribution is 5.71. The predicted octanol–water partition coefficient (Wildman–Crippen LogP) is 18.6. The van der Waals surface area contributed by atoms with E-state index in [0.717, 1.165) is 154 Å². The third-order valence-electron chi connectivity index (χ3n) is 11.1. The number of carbonyl (C=O) groups excluding carboxylic acids is 3. The van der Waals surface area contributed by atoms with E-state index in [4.69, 9.17) is 14.2 Å². The van der Waals surface area contributed by atoms with E-state index < -0.39 is 6.10 Å². The van der Waals surface area contributed by atoms with E-state index in [0.29, 0.717) is 12.8 Å². The Morgan fingerprint density at radius 2 is 0.522 bits per heavy atom. The quantitative estimate of drug-likeness (QED) is 0.0262. The van der Waals surface area contributed by atoms with Crippen LogP contribution in [0.25, 0.3) is 0 Å². The summed E-state index contributed by atoms with van der Waals surface area (Å²) in [7, 11) is 0. The zero-order valence-electron chi connectivity index (χ0n) is 44.3. The van der Waals surface area contributed by atoms with Crippen LogP contribution >= 0.6 is 0 Å².